The highest BCUT2D eigenvalue weighted by Crippen LogP contribution is 2.14. The van der Waals surface area contributed by atoms with Crippen molar-refractivity contribution in [2.45, 2.75) is 13.0 Å². The van der Waals surface area contributed by atoms with Crippen LogP contribution < -0.4 is 0 Å². The maximum atomic E-state index is 10.4. The predicted molar refractivity (Wildman–Crippen MR) is 44.0 cm³/mol. The van der Waals surface area contributed by atoms with E-state index in [0.29, 0.717) is 5.82 Å². The minimum Gasteiger partial charge on any atom is -0.339 e. The molecule has 0 amide bonds. The quantitative estimate of drug-likeness (QED) is 0.605. The van der Waals surface area contributed by atoms with Gasteiger partial charge in [-0.15, -0.1) is 0 Å². The molecule has 0 radical (unpaired) electrons. The van der Waals surface area contributed by atoms with Gasteiger partial charge in [0.25, 0.3) is 0 Å². The van der Waals surface area contributed by atoms with E-state index in [9.17, 15) is 4.79 Å². The molecule has 0 aromatic carbocycles. The molecule has 0 saturated heterocycles. The van der Waals surface area contributed by atoms with Crippen LogP contribution in [0.3, 0.4) is 0 Å². The molecule has 0 fully saturated rings. The number of hydrogen-bond acceptors (Lipinski definition) is 3. The third-order valence-corrected chi connectivity index (χ3v) is 2.16. The fraction of sp³-hybridized carbons (Fsp3) is 0.500. The van der Waals surface area contributed by atoms with Crippen molar-refractivity contribution in [3.8, 4) is 0 Å². The van der Waals surface area contributed by atoms with Crippen molar-refractivity contribution in [3.63, 3.8) is 0 Å². The molecule has 0 aliphatic carbocycles. The average molecular weight is 165 g/mol. The van der Waals surface area contributed by atoms with Crippen LogP contribution in [0, 0.1) is 0 Å². The number of nitrogens with one attached hydrogen (secondary N) is 1. The van der Waals surface area contributed by atoms with E-state index in [2.05, 4.69) is 21.9 Å². The van der Waals surface area contributed by atoms with Crippen molar-refractivity contribution in [1.82, 2.24) is 14.9 Å². The smallest absolute Gasteiger partial charge is 0.185 e. The number of aromatic amines is 1. The van der Waals surface area contributed by atoms with Crippen molar-refractivity contribution < 1.29 is 4.79 Å². The number of aromatic nitrogens is 2. The lowest BCUT2D eigenvalue weighted by atomic mass is 10.2. The number of rotatable bonds is 1. The Bertz CT molecular complexity index is 305. The number of hydrogen-bond donors (Lipinski definition) is 1. The van der Waals surface area contributed by atoms with Crippen molar-refractivity contribution in [1.29, 1.82) is 0 Å². The highest BCUT2D eigenvalue weighted by molar-refractivity contribution is 5.69. The molecule has 4 nitrogen and oxygen atoms in total. The van der Waals surface area contributed by atoms with E-state index in [4.69, 9.17) is 0 Å². The van der Waals surface area contributed by atoms with Gasteiger partial charge >= 0.3 is 0 Å². The SMILES string of the molecule is CN1CCc2[nH]c(C=O)nc2C1. The van der Waals surface area contributed by atoms with Gasteiger partial charge in [-0.1, -0.05) is 0 Å². The lowest BCUT2D eigenvalue weighted by molar-refractivity contribution is 0.111. The first-order chi connectivity index (χ1) is 5.79. The maximum absolute atomic E-state index is 10.4. The molecule has 0 bridgehead atoms. The van der Waals surface area contributed by atoms with E-state index in [1.807, 2.05) is 0 Å². The molecule has 64 valence electrons. The van der Waals surface area contributed by atoms with Crippen LogP contribution in [0.4, 0.5) is 0 Å². The lowest BCUT2D eigenvalue weighted by Gasteiger charge is -2.20. The second-order valence-corrected chi connectivity index (χ2v) is 3.15. The molecule has 0 atom stereocenters. The second-order valence-electron chi connectivity index (χ2n) is 3.15. The Kier molecular flexibility index (Phi) is 1.69. The number of fused-ring (bicyclic) bond motifs is 1. The summed E-state index contributed by atoms with van der Waals surface area (Å²) in [6.45, 7) is 1.88. The van der Waals surface area contributed by atoms with Gasteiger partial charge in [0.15, 0.2) is 12.1 Å². The van der Waals surface area contributed by atoms with Crippen LogP contribution in [0.25, 0.3) is 0 Å². The van der Waals surface area contributed by atoms with Crippen LogP contribution in [-0.4, -0.2) is 34.7 Å². The summed E-state index contributed by atoms with van der Waals surface area (Å²) in [4.78, 5) is 19.7. The Morgan fingerprint density at radius 2 is 2.50 bits per heavy atom. The zero-order valence-corrected chi connectivity index (χ0v) is 7.00. The maximum Gasteiger partial charge on any atom is 0.185 e. The fourth-order valence-corrected chi connectivity index (χ4v) is 1.50. The average Bonchev–Trinajstić information content (AvgIpc) is 2.46. The van der Waals surface area contributed by atoms with Gasteiger partial charge in [0.1, 0.15) is 0 Å². The Balaban J connectivity index is 2.34. The van der Waals surface area contributed by atoms with E-state index in [-0.39, 0.29) is 0 Å². The standard InChI is InChI=1S/C8H11N3O/c1-11-3-2-6-7(4-11)10-8(5-12)9-6/h5H,2-4H2,1H3,(H,9,10). The van der Waals surface area contributed by atoms with Crippen LogP contribution in [-0.2, 0) is 13.0 Å². The summed E-state index contributed by atoms with van der Waals surface area (Å²) in [5.41, 5.74) is 2.14. The normalized spacial score (nSPS) is 17.4. The third-order valence-electron chi connectivity index (χ3n) is 2.16. The minimum atomic E-state index is 0.454. The molecule has 2 rings (SSSR count). The number of nitrogens with zero attached hydrogens (tertiary/aromatic N) is 2. The number of H-pyrrole nitrogens is 1. The van der Waals surface area contributed by atoms with Gasteiger partial charge in [0.2, 0.25) is 0 Å². The molecule has 1 aliphatic heterocycles. The second kappa shape index (κ2) is 2.71. The summed E-state index contributed by atoms with van der Waals surface area (Å²) in [7, 11) is 2.05. The van der Waals surface area contributed by atoms with Crippen LogP contribution >= 0.6 is 0 Å². The Morgan fingerprint density at radius 3 is 3.25 bits per heavy atom. The monoisotopic (exact) mass is 165 g/mol. The van der Waals surface area contributed by atoms with Gasteiger partial charge in [0, 0.05) is 25.2 Å². The topological polar surface area (TPSA) is 49.0 Å². The summed E-state index contributed by atoms with van der Waals surface area (Å²) in [6, 6.07) is 0. The highest BCUT2D eigenvalue weighted by atomic mass is 16.1. The van der Waals surface area contributed by atoms with Crippen LogP contribution in [0.2, 0.25) is 0 Å². The molecule has 0 saturated carbocycles. The van der Waals surface area contributed by atoms with Crippen molar-refractivity contribution in [2.24, 2.45) is 0 Å². The largest absolute Gasteiger partial charge is 0.339 e. The molecule has 1 aliphatic rings. The Hall–Kier alpha value is -1.16. The van der Waals surface area contributed by atoms with E-state index in [0.717, 1.165) is 37.2 Å². The summed E-state index contributed by atoms with van der Waals surface area (Å²) >= 11 is 0. The summed E-state index contributed by atoms with van der Waals surface area (Å²) < 4.78 is 0. The molecule has 12 heavy (non-hydrogen) atoms. The first-order valence-corrected chi connectivity index (χ1v) is 4.01. The first-order valence-electron chi connectivity index (χ1n) is 4.01. The first kappa shape index (κ1) is 7.49. The molecule has 0 unspecified atom stereocenters. The zero-order chi connectivity index (χ0) is 8.55. The summed E-state index contributed by atoms with van der Waals surface area (Å²) in [5.74, 6) is 0.454. The molecule has 0 spiro atoms. The van der Waals surface area contributed by atoms with Crippen molar-refractivity contribution >= 4 is 6.29 Å². The molecule has 1 N–H and O–H groups in total. The van der Waals surface area contributed by atoms with Crippen LogP contribution in [0.1, 0.15) is 22.0 Å². The highest BCUT2D eigenvalue weighted by Gasteiger charge is 2.16. The van der Waals surface area contributed by atoms with Gasteiger partial charge in [-0.25, -0.2) is 4.98 Å². The number of carbonyl (C=O) groups excluding carboxylic acids is 1. The van der Waals surface area contributed by atoms with Gasteiger partial charge in [-0.05, 0) is 7.05 Å². The number of carbonyl (C=O) groups is 1. The van der Waals surface area contributed by atoms with Crippen LogP contribution in [0.15, 0.2) is 0 Å². The van der Waals surface area contributed by atoms with E-state index < -0.39 is 0 Å². The summed E-state index contributed by atoms with van der Waals surface area (Å²) in [6.07, 6.45) is 1.73. The van der Waals surface area contributed by atoms with Gasteiger partial charge in [-0.2, -0.15) is 0 Å². The van der Waals surface area contributed by atoms with E-state index in [1.165, 1.54) is 0 Å². The molecule has 1 aromatic heterocycles. The Morgan fingerprint density at radius 1 is 1.67 bits per heavy atom. The van der Waals surface area contributed by atoms with E-state index in [1.54, 1.807) is 0 Å². The Labute approximate surface area is 70.6 Å². The predicted octanol–water partition coefficient (Wildman–Crippen LogP) is 0.210. The van der Waals surface area contributed by atoms with Gasteiger partial charge < -0.3 is 9.88 Å². The minimum absolute atomic E-state index is 0.454. The third kappa shape index (κ3) is 1.14. The van der Waals surface area contributed by atoms with Crippen LogP contribution in [0.5, 0.6) is 0 Å². The van der Waals surface area contributed by atoms with Gasteiger partial charge in [0.05, 0.1) is 5.69 Å². The fourth-order valence-electron chi connectivity index (χ4n) is 1.50. The number of aldehydes is 1. The molecule has 4 heteroatoms. The molecular formula is C8H11N3O. The zero-order valence-electron chi connectivity index (χ0n) is 7.00. The van der Waals surface area contributed by atoms with E-state index >= 15 is 0 Å². The van der Waals surface area contributed by atoms with Crippen molar-refractivity contribution in [3.05, 3.63) is 17.2 Å². The van der Waals surface area contributed by atoms with Crippen molar-refractivity contribution in [2.75, 3.05) is 13.6 Å². The van der Waals surface area contributed by atoms with Gasteiger partial charge in [-0.3, -0.25) is 4.79 Å². The number of likely N-dealkylation sites (N-methyl/N-ethyl adjacent to an activating group) is 1. The molecular weight excluding hydrogens is 154 g/mol. The lowest BCUT2D eigenvalue weighted by Crippen LogP contribution is -2.26. The molecule has 1 aromatic rings. The molecule has 2 heterocycles. The number of imidazole rings is 1. The summed E-state index contributed by atoms with van der Waals surface area (Å²) in [5, 5.41) is 0.